The standard InChI is InChI=1S/C16H28N2O/c1-5-18(9-10-19-6-2)16-8-7-13(3)11-15(16)12-14(4)17/h7-8,11,14H,5-6,9-10,12,17H2,1-4H3. The number of hydrogen-bond acceptors (Lipinski definition) is 3. The van der Waals surface area contributed by atoms with Crippen molar-refractivity contribution in [1.82, 2.24) is 0 Å². The predicted octanol–water partition coefficient (Wildman–Crippen LogP) is 2.75. The zero-order valence-corrected chi connectivity index (χ0v) is 12.8. The van der Waals surface area contributed by atoms with Crippen molar-refractivity contribution in [3.05, 3.63) is 29.3 Å². The van der Waals surface area contributed by atoms with E-state index in [1.807, 2.05) is 6.92 Å². The van der Waals surface area contributed by atoms with E-state index < -0.39 is 0 Å². The summed E-state index contributed by atoms with van der Waals surface area (Å²) in [4.78, 5) is 2.37. The molecule has 3 nitrogen and oxygen atoms in total. The Balaban J connectivity index is 2.88. The lowest BCUT2D eigenvalue weighted by atomic mass is 10.0. The molecule has 0 saturated heterocycles. The van der Waals surface area contributed by atoms with Gasteiger partial charge in [-0.2, -0.15) is 0 Å². The van der Waals surface area contributed by atoms with Gasteiger partial charge in [-0.1, -0.05) is 17.7 Å². The summed E-state index contributed by atoms with van der Waals surface area (Å²) < 4.78 is 5.47. The fraction of sp³-hybridized carbons (Fsp3) is 0.625. The summed E-state index contributed by atoms with van der Waals surface area (Å²) in [6, 6.07) is 6.82. The molecule has 0 aliphatic heterocycles. The first-order valence-corrected chi connectivity index (χ1v) is 7.26. The molecular weight excluding hydrogens is 236 g/mol. The smallest absolute Gasteiger partial charge is 0.0641 e. The lowest BCUT2D eigenvalue weighted by molar-refractivity contribution is 0.154. The van der Waals surface area contributed by atoms with Crippen LogP contribution in [-0.4, -0.2) is 32.3 Å². The molecule has 0 aliphatic carbocycles. The molecule has 0 saturated carbocycles. The second-order valence-electron chi connectivity index (χ2n) is 5.09. The first kappa shape index (κ1) is 16.0. The van der Waals surface area contributed by atoms with E-state index in [2.05, 4.69) is 43.9 Å². The van der Waals surface area contributed by atoms with Gasteiger partial charge in [0, 0.05) is 31.4 Å². The van der Waals surface area contributed by atoms with Crippen LogP contribution in [-0.2, 0) is 11.2 Å². The average Bonchev–Trinajstić information content (AvgIpc) is 2.35. The van der Waals surface area contributed by atoms with E-state index in [1.54, 1.807) is 0 Å². The third-order valence-corrected chi connectivity index (χ3v) is 3.21. The van der Waals surface area contributed by atoms with E-state index in [1.165, 1.54) is 16.8 Å². The molecule has 1 atom stereocenters. The molecule has 0 fully saturated rings. The van der Waals surface area contributed by atoms with Crippen molar-refractivity contribution in [2.45, 2.75) is 40.2 Å². The van der Waals surface area contributed by atoms with Crippen LogP contribution in [0.5, 0.6) is 0 Å². The highest BCUT2D eigenvalue weighted by molar-refractivity contribution is 5.55. The Morgan fingerprint density at radius 2 is 2.05 bits per heavy atom. The van der Waals surface area contributed by atoms with Crippen molar-refractivity contribution in [1.29, 1.82) is 0 Å². The van der Waals surface area contributed by atoms with E-state index in [0.29, 0.717) is 0 Å². The average molecular weight is 264 g/mol. The molecule has 1 rings (SSSR count). The zero-order valence-electron chi connectivity index (χ0n) is 12.8. The highest BCUT2D eigenvalue weighted by Gasteiger charge is 2.11. The molecule has 0 aromatic heterocycles. The summed E-state index contributed by atoms with van der Waals surface area (Å²) in [7, 11) is 0. The van der Waals surface area contributed by atoms with Crippen LogP contribution in [0.3, 0.4) is 0 Å². The van der Waals surface area contributed by atoms with Crippen molar-refractivity contribution in [3.8, 4) is 0 Å². The Labute approximate surface area is 117 Å². The molecule has 3 heteroatoms. The van der Waals surface area contributed by atoms with Crippen LogP contribution in [0.15, 0.2) is 18.2 Å². The molecule has 0 radical (unpaired) electrons. The molecule has 1 aromatic carbocycles. The van der Waals surface area contributed by atoms with Gasteiger partial charge in [-0.15, -0.1) is 0 Å². The number of benzene rings is 1. The third-order valence-electron chi connectivity index (χ3n) is 3.21. The molecule has 108 valence electrons. The first-order chi connectivity index (χ1) is 9.08. The highest BCUT2D eigenvalue weighted by Crippen LogP contribution is 2.23. The van der Waals surface area contributed by atoms with Gasteiger partial charge in [0.1, 0.15) is 0 Å². The molecule has 19 heavy (non-hydrogen) atoms. The topological polar surface area (TPSA) is 38.5 Å². The third kappa shape index (κ3) is 5.21. The fourth-order valence-electron chi connectivity index (χ4n) is 2.30. The number of aryl methyl sites for hydroxylation is 1. The number of nitrogens with zero attached hydrogens (tertiary/aromatic N) is 1. The van der Waals surface area contributed by atoms with Gasteiger partial charge in [0.2, 0.25) is 0 Å². The van der Waals surface area contributed by atoms with E-state index in [-0.39, 0.29) is 6.04 Å². The van der Waals surface area contributed by atoms with Crippen molar-refractivity contribution in [2.24, 2.45) is 5.73 Å². The summed E-state index contributed by atoms with van der Waals surface area (Å²) in [6.45, 7) is 11.9. The van der Waals surface area contributed by atoms with Gasteiger partial charge in [-0.05, 0) is 45.7 Å². The molecule has 1 unspecified atom stereocenters. The monoisotopic (exact) mass is 264 g/mol. The van der Waals surface area contributed by atoms with E-state index in [0.717, 1.165) is 32.7 Å². The Morgan fingerprint density at radius 1 is 1.32 bits per heavy atom. The Kier molecular flexibility index (Phi) is 6.89. The van der Waals surface area contributed by atoms with Gasteiger partial charge >= 0.3 is 0 Å². The Bertz CT molecular complexity index is 377. The number of hydrogen-bond donors (Lipinski definition) is 1. The molecule has 2 N–H and O–H groups in total. The summed E-state index contributed by atoms with van der Waals surface area (Å²) in [5.41, 5.74) is 9.89. The normalized spacial score (nSPS) is 12.5. The molecule has 1 aromatic rings. The van der Waals surface area contributed by atoms with Crippen LogP contribution >= 0.6 is 0 Å². The molecule has 0 amide bonds. The van der Waals surface area contributed by atoms with Crippen LogP contribution in [0.4, 0.5) is 5.69 Å². The SMILES string of the molecule is CCOCCN(CC)c1ccc(C)cc1CC(C)N. The quantitative estimate of drug-likeness (QED) is 0.734. The number of anilines is 1. The van der Waals surface area contributed by atoms with Crippen LogP contribution in [0.1, 0.15) is 31.9 Å². The Morgan fingerprint density at radius 3 is 2.63 bits per heavy atom. The van der Waals surface area contributed by atoms with E-state index in [4.69, 9.17) is 10.5 Å². The number of ether oxygens (including phenoxy) is 1. The zero-order chi connectivity index (χ0) is 14.3. The van der Waals surface area contributed by atoms with Gasteiger partial charge in [-0.25, -0.2) is 0 Å². The minimum atomic E-state index is 0.186. The van der Waals surface area contributed by atoms with Crippen LogP contribution in [0.25, 0.3) is 0 Å². The van der Waals surface area contributed by atoms with E-state index in [9.17, 15) is 0 Å². The molecule has 0 spiro atoms. The molecular formula is C16H28N2O. The van der Waals surface area contributed by atoms with Gasteiger partial charge in [0.25, 0.3) is 0 Å². The van der Waals surface area contributed by atoms with Crippen LogP contribution in [0, 0.1) is 6.92 Å². The Hall–Kier alpha value is -1.06. The maximum absolute atomic E-state index is 5.96. The van der Waals surface area contributed by atoms with Crippen molar-refractivity contribution >= 4 is 5.69 Å². The van der Waals surface area contributed by atoms with Gasteiger partial charge in [-0.3, -0.25) is 0 Å². The lowest BCUT2D eigenvalue weighted by Crippen LogP contribution is -2.29. The summed E-state index contributed by atoms with van der Waals surface area (Å²) in [5.74, 6) is 0. The number of rotatable bonds is 8. The van der Waals surface area contributed by atoms with E-state index >= 15 is 0 Å². The second-order valence-corrected chi connectivity index (χ2v) is 5.09. The summed E-state index contributed by atoms with van der Waals surface area (Å²) in [6.07, 6.45) is 0.919. The van der Waals surface area contributed by atoms with Crippen molar-refractivity contribution < 1.29 is 4.74 Å². The first-order valence-electron chi connectivity index (χ1n) is 7.26. The molecule has 0 aliphatic rings. The van der Waals surface area contributed by atoms with Crippen molar-refractivity contribution in [3.63, 3.8) is 0 Å². The number of likely N-dealkylation sites (N-methyl/N-ethyl adjacent to an activating group) is 1. The number of nitrogens with two attached hydrogens (primary N) is 1. The molecule has 0 bridgehead atoms. The largest absolute Gasteiger partial charge is 0.380 e. The van der Waals surface area contributed by atoms with Crippen molar-refractivity contribution in [2.75, 3.05) is 31.2 Å². The lowest BCUT2D eigenvalue weighted by Gasteiger charge is -2.26. The minimum Gasteiger partial charge on any atom is -0.380 e. The van der Waals surface area contributed by atoms with Crippen LogP contribution in [0.2, 0.25) is 0 Å². The van der Waals surface area contributed by atoms with Gasteiger partial charge in [0.05, 0.1) is 6.61 Å². The fourth-order valence-corrected chi connectivity index (χ4v) is 2.30. The minimum absolute atomic E-state index is 0.186. The van der Waals surface area contributed by atoms with Crippen LogP contribution < -0.4 is 10.6 Å². The highest BCUT2D eigenvalue weighted by atomic mass is 16.5. The van der Waals surface area contributed by atoms with Gasteiger partial charge in [0.15, 0.2) is 0 Å². The maximum atomic E-state index is 5.96. The molecule has 0 heterocycles. The predicted molar refractivity (Wildman–Crippen MR) is 82.9 cm³/mol. The maximum Gasteiger partial charge on any atom is 0.0641 e. The van der Waals surface area contributed by atoms with Gasteiger partial charge < -0.3 is 15.4 Å². The summed E-state index contributed by atoms with van der Waals surface area (Å²) in [5, 5.41) is 0. The summed E-state index contributed by atoms with van der Waals surface area (Å²) >= 11 is 0. The second kappa shape index (κ2) is 8.18.